The van der Waals surface area contributed by atoms with E-state index in [9.17, 15) is 10.1 Å². The molecule has 4 rings (SSSR count). The van der Waals surface area contributed by atoms with Crippen molar-refractivity contribution in [2.75, 3.05) is 26.9 Å². The van der Waals surface area contributed by atoms with Gasteiger partial charge in [-0.3, -0.25) is 4.79 Å². The lowest BCUT2D eigenvalue weighted by atomic mass is 9.90. The molecular formula is C28H27N3O4. The maximum absolute atomic E-state index is 12.7. The number of H-pyrrole nitrogens is 1. The Labute approximate surface area is 204 Å². The summed E-state index contributed by atoms with van der Waals surface area (Å²) in [5, 5.41) is 13.3. The Bertz CT molecular complexity index is 1360. The maximum atomic E-state index is 12.7. The van der Waals surface area contributed by atoms with Crippen molar-refractivity contribution in [1.82, 2.24) is 10.3 Å². The van der Waals surface area contributed by atoms with Gasteiger partial charge in [0.2, 0.25) is 0 Å². The van der Waals surface area contributed by atoms with Crippen molar-refractivity contribution in [3.05, 3.63) is 89.6 Å². The highest BCUT2D eigenvalue weighted by Crippen LogP contribution is 2.35. The predicted molar refractivity (Wildman–Crippen MR) is 134 cm³/mol. The second kappa shape index (κ2) is 11.1. The van der Waals surface area contributed by atoms with E-state index in [4.69, 9.17) is 14.2 Å². The van der Waals surface area contributed by atoms with E-state index in [2.05, 4.69) is 22.4 Å². The van der Waals surface area contributed by atoms with Crippen LogP contribution in [0.3, 0.4) is 0 Å². The maximum Gasteiger partial charge on any atom is 0.257 e. The van der Waals surface area contributed by atoms with E-state index >= 15 is 0 Å². The Balaban J connectivity index is 1.57. The second-order valence-corrected chi connectivity index (χ2v) is 7.89. The number of nitrogens with one attached hydrogen (secondary N) is 2. The highest BCUT2D eigenvalue weighted by molar-refractivity contribution is 5.84. The largest absolute Gasteiger partial charge is 0.493 e. The van der Waals surface area contributed by atoms with E-state index in [0.717, 1.165) is 22.0 Å². The molecule has 1 unspecified atom stereocenters. The molecule has 0 radical (unpaired) electrons. The summed E-state index contributed by atoms with van der Waals surface area (Å²) in [4.78, 5) is 16.0. The summed E-state index contributed by atoms with van der Waals surface area (Å²) in [6.45, 7) is 2.62. The van der Waals surface area contributed by atoms with Crippen molar-refractivity contribution < 1.29 is 19.0 Å². The molecule has 0 spiro atoms. The van der Waals surface area contributed by atoms with Crippen LogP contribution in [0.4, 0.5) is 0 Å². The highest BCUT2D eigenvalue weighted by Gasteiger charge is 2.21. The number of aromatic nitrogens is 1. The van der Waals surface area contributed by atoms with Crippen molar-refractivity contribution in [3.63, 3.8) is 0 Å². The van der Waals surface area contributed by atoms with E-state index in [1.54, 1.807) is 31.4 Å². The lowest BCUT2D eigenvalue weighted by molar-refractivity contribution is -0.123. The van der Waals surface area contributed by atoms with E-state index in [1.165, 1.54) is 0 Å². The van der Waals surface area contributed by atoms with Crippen molar-refractivity contribution in [2.24, 2.45) is 0 Å². The van der Waals surface area contributed by atoms with Gasteiger partial charge in [0.15, 0.2) is 18.1 Å². The van der Waals surface area contributed by atoms with Crippen LogP contribution in [0.1, 0.15) is 29.5 Å². The third kappa shape index (κ3) is 5.39. The number of amides is 1. The van der Waals surface area contributed by atoms with Crippen LogP contribution >= 0.6 is 0 Å². The Morgan fingerprint density at radius 3 is 2.63 bits per heavy atom. The lowest BCUT2D eigenvalue weighted by Crippen LogP contribution is -2.32. The van der Waals surface area contributed by atoms with E-state index < -0.39 is 0 Å². The van der Waals surface area contributed by atoms with Gasteiger partial charge in [-0.15, -0.1) is 0 Å². The standard InChI is InChI=1S/C28H27N3O4/c1-3-34-26-13-12-19(14-27(26)33-2)22(23-17-30-24-10-6-5-9-21(23)24)16-31-28(32)18-35-25-11-7-4-8-20(25)15-29/h4-14,17,22,30H,3,16,18H2,1-2H3,(H,31,32). The van der Waals surface area contributed by atoms with E-state index in [-0.39, 0.29) is 18.4 Å². The number of benzene rings is 3. The fourth-order valence-corrected chi connectivity index (χ4v) is 4.06. The number of nitriles is 1. The number of para-hydroxylation sites is 2. The molecule has 0 aliphatic rings. The molecule has 178 valence electrons. The third-order valence-corrected chi connectivity index (χ3v) is 5.76. The fraction of sp³-hybridized carbons (Fsp3) is 0.214. The predicted octanol–water partition coefficient (Wildman–Crippen LogP) is 4.77. The Hall–Kier alpha value is -4.44. The van der Waals surface area contributed by atoms with Crippen LogP contribution < -0.4 is 19.5 Å². The molecule has 0 saturated carbocycles. The molecule has 0 aliphatic carbocycles. The summed E-state index contributed by atoms with van der Waals surface area (Å²) in [7, 11) is 1.61. The Kier molecular flexibility index (Phi) is 7.53. The minimum Gasteiger partial charge on any atom is -0.493 e. The number of hydrogen-bond acceptors (Lipinski definition) is 5. The molecule has 1 atom stereocenters. The van der Waals surface area contributed by atoms with Crippen molar-refractivity contribution in [2.45, 2.75) is 12.8 Å². The van der Waals surface area contributed by atoms with Crippen LogP contribution in [-0.2, 0) is 4.79 Å². The topological polar surface area (TPSA) is 96.4 Å². The zero-order valence-electron chi connectivity index (χ0n) is 19.7. The molecule has 0 bridgehead atoms. The quantitative estimate of drug-likeness (QED) is 0.349. The molecule has 4 aromatic rings. The number of methoxy groups -OCH3 is 1. The average Bonchev–Trinajstić information content (AvgIpc) is 3.32. The normalized spacial score (nSPS) is 11.5. The van der Waals surface area contributed by atoms with Crippen molar-refractivity contribution in [3.8, 4) is 23.3 Å². The number of carbonyl (C=O) groups excluding carboxylic acids is 1. The van der Waals surface area contributed by atoms with Gasteiger partial charge >= 0.3 is 0 Å². The van der Waals surface area contributed by atoms with Crippen LogP contribution in [-0.4, -0.2) is 37.8 Å². The first kappa shape index (κ1) is 23.7. The summed E-state index contributed by atoms with van der Waals surface area (Å²) in [6.07, 6.45) is 1.98. The molecule has 0 fully saturated rings. The molecule has 0 aliphatic heterocycles. The first-order chi connectivity index (χ1) is 17.1. The smallest absolute Gasteiger partial charge is 0.257 e. The van der Waals surface area contributed by atoms with Gasteiger partial charge in [0.25, 0.3) is 5.91 Å². The summed E-state index contributed by atoms with van der Waals surface area (Å²) >= 11 is 0. The van der Waals surface area contributed by atoms with Gasteiger partial charge < -0.3 is 24.5 Å². The molecule has 7 nitrogen and oxygen atoms in total. The summed E-state index contributed by atoms with van der Waals surface area (Å²) in [5.74, 6) is 1.27. The van der Waals surface area contributed by atoms with Gasteiger partial charge in [-0.05, 0) is 48.4 Å². The van der Waals surface area contributed by atoms with E-state index in [1.807, 2.05) is 49.5 Å². The molecule has 3 aromatic carbocycles. The zero-order chi connectivity index (χ0) is 24.6. The van der Waals surface area contributed by atoms with Gasteiger partial charge in [0, 0.05) is 29.6 Å². The van der Waals surface area contributed by atoms with Crippen LogP contribution in [0.25, 0.3) is 10.9 Å². The van der Waals surface area contributed by atoms with Crippen molar-refractivity contribution in [1.29, 1.82) is 5.26 Å². The van der Waals surface area contributed by atoms with Gasteiger partial charge in [0.1, 0.15) is 11.8 Å². The monoisotopic (exact) mass is 469 g/mol. The van der Waals surface area contributed by atoms with E-state index in [0.29, 0.717) is 36.0 Å². The summed E-state index contributed by atoms with van der Waals surface area (Å²) < 4.78 is 16.8. The lowest BCUT2D eigenvalue weighted by Gasteiger charge is -2.20. The second-order valence-electron chi connectivity index (χ2n) is 7.89. The number of rotatable bonds is 10. The third-order valence-electron chi connectivity index (χ3n) is 5.76. The average molecular weight is 470 g/mol. The SMILES string of the molecule is CCOc1ccc(C(CNC(=O)COc2ccccc2C#N)c2c[nH]c3ccccc23)cc1OC. The van der Waals surface area contributed by atoms with Crippen LogP contribution in [0.5, 0.6) is 17.2 Å². The number of aromatic amines is 1. The van der Waals surface area contributed by atoms with Gasteiger partial charge in [-0.25, -0.2) is 0 Å². The molecule has 35 heavy (non-hydrogen) atoms. The van der Waals surface area contributed by atoms with Gasteiger partial charge in [0.05, 0.1) is 19.3 Å². The summed E-state index contributed by atoms with van der Waals surface area (Å²) in [6, 6.07) is 22.8. The minimum absolute atomic E-state index is 0.147. The fourth-order valence-electron chi connectivity index (χ4n) is 4.06. The van der Waals surface area contributed by atoms with Gasteiger partial charge in [-0.1, -0.05) is 36.4 Å². The van der Waals surface area contributed by atoms with Crippen LogP contribution in [0, 0.1) is 11.3 Å². The first-order valence-corrected chi connectivity index (χ1v) is 11.4. The number of nitrogens with zero attached hydrogens (tertiary/aromatic N) is 1. The molecule has 1 aromatic heterocycles. The Morgan fingerprint density at radius 1 is 1.03 bits per heavy atom. The van der Waals surface area contributed by atoms with Crippen LogP contribution in [0.15, 0.2) is 72.9 Å². The molecule has 7 heteroatoms. The molecule has 1 heterocycles. The number of hydrogen-bond donors (Lipinski definition) is 2. The molecule has 2 N–H and O–H groups in total. The first-order valence-electron chi connectivity index (χ1n) is 11.4. The molecule has 1 amide bonds. The number of ether oxygens (including phenoxy) is 3. The zero-order valence-corrected chi connectivity index (χ0v) is 19.7. The summed E-state index contributed by atoms with van der Waals surface area (Å²) in [5.41, 5.74) is 3.44. The number of fused-ring (bicyclic) bond motifs is 1. The van der Waals surface area contributed by atoms with Crippen molar-refractivity contribution >= 4 is 16.8 Å². The van der Waals surface area contributed by atoms with Crippen LogP contribution in [0.2, 0.25) is 0 Å². The molecular weight excluding hydrogens is 442 g/mol. The van der Waals surface area contributed by atoms with Gasteiger partial charge in [-0.2, -0.15) is 5.26 Å². The molecule has 0 saturated heterocycles. The Morgan fingerprint density at radius 2 is 1.83 bits per heavy atom. The minimum atomic E-state index is -0.277. The highest BCUT2D eigenvalue weighted by atomic mass is 16.5. The number of carbonyl (C=O) groups is 1.